The molecular formula is C13H13BrFN3O. The topological polar surface area (TPSA) is 46.9 Å². The summed E-state index contributed by atoms with van der Waals surface area (Å²) in [5, 5.41) is 6.65. The zero-order valence-corrected chi connectivity index (χ0v) is 11.9. The zero-order chi connectivity index (χ0) is 13.8. The Hall–Kier alpha value is -1.69. The summed E-state index contributed by atoms with van der Waals surface area (Å²) in [4.78, 5) is 11.9. The molecule has 0 aliphatic heterocycles. The molecule has 4 nitrogen and oxygen atoms in total. The monoisotopic (exact) mass is 325 g/mol. The number of carbonyl (C=O) groups excluding carboxylic acids is 1. The number of carbonyl (C=O) groups is 1. The molecule has 0 bridgehead atoms. The van der Waals surface area contributed by atoms with Gasteiger partial charge in [-0.25, -0.2) is 4.39 Å². The van der Waals surface area contributed by atoms with Gasteiger partial charge in [0.15, 0.2) is 0 Å². The van der Waals surface area contributed by atoms with Gasteiger partial charge >= 0.3 is 0 Å². The molecule has 1 heterocycles. The highest BCUT2D eigenvalue weighted by molar-refractivity contribution is 9.10. The molecule has 0 saturated heterocycles. The van der Waals surface area contributed by atoms with Gasteiger partial charge in [0, 0.05) is 6.20 Å². The van der Waals surface area contributed by atoms with Gasteiger partial charge in [-0.15, -0.1) is 0 Å². The number of benzene rings is 1. The van der Waals surface area contributed by atoms with Crippen LogP contribution >= 0.6 is 15.9 Å². The van der Waals surface area contributed by atoms with Gasteiger partial charge in [-0.1, -0.05) is 19.1 Å². The maximum absolute atomic E-state index is 13.4. The molecule has 2 aromatic rings. The SMILES string of the molecule is C[C@H](Cn1cc(Br)cn1)C(=O)Nc1ccccc1F. The van der Waals surface area contributed by atoms with Crippen molar-refractivity contribution in [1.29, 1.82) is 0 Å². The number of hydrogen-bond acceptors (Lipinski definition) is 2. The lowest BCUT2D eigenvalue weighted by Gasteiger charge is -2.12. The molecular weight excluding hydrogens is 313 g/mol. The van der Waals surface area contributed by atoms with Crippen LogP contribution in [0.2, 0.25) is 0 Å². The molecule has 0 unspecified atom stereocenters. The van der Waals surface area contributed by atoms with Crippen LogP contribution in [0.25, 0.3) is 0 Å². The van der Waals surface area contributed by atoms with Gasteiger partial charge in [0.2, 0.25) is 5.91 Å². The highest BCUT2D eigenvalue weighted by atomic mass is 79.9. The minimum Gasteiger partial charge on any atom is -0.323 e. The Kier molecular flexibility index (Phi) is 4.31. The van der Waals surface area contributed by atoms with E-state index >= 15 is 0 Å². The smallest absolute Gasteiger partial charge is 0.229 e. The van der Waals surface area contributed by atoms with Crippen molar-refractivity contribution >= 4 is 27.5 Å². The molecule has 6 heteroatoms. The average Bonchev–Trinajstić information content (AvgIpc) is 2.77. The molecule has 19 heavy (non-hydrogen) atoms. The third-order valence-corrected chi connectivity index (χ3v) is 3.05. The van der Waals surface area contributed by atoms with Crippen LogP contribution in [0.1, 0.15) is 6.92 Å². The zero-order valence-electron chi connectivity index (χ0n) is 10.3. The van der Waals surface area contributed by atoms with Gasteiger partial charge in [0.05, 0.1) is 28.8 Å². The summed E-state index contributed by atoms with van der Waals surface area (Å²) in [6.45, 7) is 2.21. The van der Waals surface area contributed by atoms with E-state index in [-0.39, 0.29) is 17.5 Å². The van der Waals surface area contributed by atoms with E-state index < -0.39 is 5.82 Å². The molecule has 2 rings (SSSR count). The number of hydrogen-bond donors (Lipinski definition) is 1. The van der Waals surface area contributed by atoms with Crippen molar-refractivity contribution < 1.29 is 9.18 Å². The molecule has 1 N–H and O–H groups in total. The van der Waals surface area contributed by atoms with Crippen LogP contribution in [0.5, 0.6) is 0 Å². The molecule has 0 radical (unpaired) electrons. The average molecular weight is 326 g/mol. The Morgan fingerprint density at radius 1 is 1.53 bits per heavy atom. The maximum atomic E-state index is 13.4. The lowest BCUT2D eigenvalue weighted by molar-refractivity contribution is -0.119. The molecule has 0 fully saturated rings. The standard InChI is InChI=1S/C13H13BrFN3O/c1-9(7-18-8-10(14)6-16-18)13(19)17-12-5-3-2-4-11(12)15/h2-6,8-9H,7H2,1H3,(H,17,19)/t9-/m1/s1. The van der Waals surface area contributed by atoms with Gasteiger partial charge in [-0.2, -0.15) is 5.10 Å². The van der Waals surface area contributed by atoms with E-state index in [2.05, 4.69) is 26.3 Å². The number of aromatic nitrogens is 2. The van der Waals surface area contributed by atoms with Crippen LogP contribution < -0.4 is 5.32 Å². The van der Waals surface area contributed by atoms with Crippen LogP contribution in [0.15, 0.2) is 41.1 Å². The second-order valence-electron chi connectivity index (χ2n) is 4.25. The van der Waals surface area contributed by atoms with Crippen LogP contribution in [0.3, 0.4) is 0 Å². The number of halogens is 2. The normalized spacial score (nSPS) is 12.2. The molecule has 0 saturated carbocycles. The van der Waals surface area contributed by atoms with E-state index in [1.807, 2.05) is 0 Å². The van der Waals surface area contributed by atoms with Crippen molar-refractivity contribution in [3.63, 3.8) is 0 Å². The van der Waals surface area contributed by atoms with E-state index in [0.717, 1.165) is 4.47 Å². The fourth-order valence-corrected chi connectivity index (χ4v) is 1.95. The number of nitrogens with one attached hydrogen (secondary N) is 1. The molecule has 1 aromatic carbocycles. The van der Waals surface area contributed by atoms with Gasteiger partial charge < -0.3 is 5.32 Å². The predicted molar refractivity (Wildman–Crippen MR) is 74.1 cm³/mol. The van der Waals surface area contributed by atoms with E-state index in [1.165, 1.54) is 12.1 Å². The Morgan fingerprint density at radius 2 is 2.26 bits per heavy atom. The van der Waals surface area contributed by atoms with Gasteiger partial charge in [-0.05, 0) is 28.1 Å². The van der Waals surface area contributed by atoms with Gasteiger partial charge in [0.1, 0.15) is 5.82 Å². The molecule has 0 aliphatic carbocycles. The fraction of sp³-hybridized carbons (Fsp3) is 0.231. The van der Waals surface area contributed by atoms with Crippen molar-refractivity contribution in [3.8, 4) is 0 Å². The second-order valence-corrected chi connectivity index (χ2v) is 5.17. The number of nitrogens with zero attached hydrogens (tertiary/aromatic N) is 2. The number of rotatable bonds is 4. The van der Waals surface area contributed by atoms with Crippen molar-refractivity contribution in [1.82, 2.24) is 9.78 Å². The first-order chi connectivity index (χ1) is 9.06. The van der Waals surface area contributed by atoms with Crippen molar-refractivity contribution in [2.24, 2.45) is 5.92 Å². The molecule has 0 spiro atoms. The molecule has 1 aromatic heterocycles. The van der Waals surface area contributed by atoms with Crippen molar-refractivity contribution in [3.05, 3.63) is 46.9 Å². The first-order valence-corrected chi connectivity index (χ1v) is 6.59. The highest BCUT2D eigenvalue weighted by Crippen LogP contribution is 2.14. The highest BCUT2D eigenvalue weighted by Gasteiger charge is 2.15. The summed E-state index contributed by atoms with van der Waals surface area (Å²) in [5.41, 5.74) is 0.195. The van der Waals surface area contributed by atoms with E-state index in [1.54, 1.807) is 36.1 Å². The Labute approximate surface area is 118 Å². The van der Waals surface area contributed by atoms with Gasteiger partial charge in [-0.3, -0.25) is 9.48 Å². The minimum absolute atomic E-state index is 0.195. The number of para-hydroxylation sites is 1. The second kappa shape index (κ2) is 5.97. The van der Waals surface area contributed by atoms with E-state index in [4.69, 9.17) is 0 Å². The van der Waals surface area contributed by atoms with Gasteiger partial charge in [0.25, 0.3) is 0 Å². The quantitative estimate of drug-likeness (QED) is 0.939. The van der Waals surface area contributed by atoms with Crippen LogP contribution in [-0.2, 0) is 11.3 Å². The lowest BCUT2D eigenvalue weighted by Crippen LogP contribution is -2.25. The summed E-state index contributed by atoms with van der Waals surface area (Å²) < 4.78 is 15.9. The number of amides is 1. The van der Waals surface area contributed by atoms with E-state index in [9.17, 15) is 9.18 Å². The summed E-state index contributed by atoms with van der Waals surface area (Å²) in [5.74, 6) is -0.993. The predicted octanol–water partition coefficient (Wildman–Crippen LogP) is 3.06. The van der Waals surface area contributed by atoms with Crippen molar-refractivity contribution in [2.75, 3.05) is 5.32 Å². The Bertz CT molecular complexity index is 585. The van der Waals surface area contributed by atoms with Crippen LogP contribution in [0.4, 0.5) is 10.1 Å². The largest absolute Gasteiger partial charge is 0.323 e. The summed E-state index contributed by atoms with van der Waals surface area (Å²) in [6.07, 6.45) is 3.44. The number of anilines is 1. The van der Waals surface area contributed by atoms with Crippen molar-refractivity contribution in [2.45, 2.75) is 13.5 Å². The molecule has 1 atom stereocenters. The lowest BCUT2D eigenvalue weighted by atomic mass is 10.1. The molecule has 100 valence electrons. The molecule has 0 aliphatic rings. The molecule has 1 amide bonds. The van der Waals surface area contributed by atoms with Crippen LogP contribution in [0, 0.1) is 11.7 Å². The third kappa shape index (κ3) is 3.64. The third-order valence-electron chi connectivity index (χ3n) is 2.64. The fourth-order valence-electron chi connectivity index (χ4n) is 1.62. The Morgan fingerprint density at radius 3 is 2.89 bits per heavy atom. The maximum Gasteiger partial charge on any atom is 0.229 e. The first kappa shape index (κ1) is 13.7. The van der Waals surface area contributed by atoms with E-state index in [0.29, 0.717) is 6.54 Å². The van der Waals surface area contributed by atoms with Crippen LogP contribution in [-0.4, -0.2) is 15.7 Å². The summed E-state index contributed by atoms with van der Waals surface area (Å²) in [7, 11) is 0. The summed E-state index contributed by atoms with van der Waals surface area (Å²) >= 11 is 3.29. The Balaban J connectivity index is 1.98. The minimum atomic E-state index is -0.440. The first-order valence-electron chi connectivity index (χ1n) is 5.79. The summed E-state index contributed by atoms with van der Waals surface area (Å²) in [6, 6.07) is 6.10.